The number of hydrogen-bond donors (Lipinski definition) is 4. The average Bonchev–Trinajstić information content (AvgIpc) is 2.61. The number of rotatable bonds is 4. The molecule has 140 valence electrons. The molecule has 26 heavy (non-hydrogen) atoms. The molecule has 1 aliphatic rings. The molecular weight excluding hydrogens is 352 g/mol. The highest BCUT2D eigenvalue weighted by atomic mass is 16.7. The second-order valence-corrected chi connectivity index (χ2v) is 5.65. The third-order valence-electron chi connectivity index (χ3n) is 3.96. The van der Waals surface area contributed by atoms with Crippen molar-refractivity contribution in [2.24, 2.45) is 0 Å². The highest BCUT2D eigenvalue weighted by Gasteiger charge is 2.48. The Bertz CT molecular complexity index is 875. The van der Waals surface area contributed by atoms with Crippen LogP contribution in [0.3, 0.4) is 0 Å². The van der Waals surface area contributed by atoms with Crippen molar-refractivity contribution < 1.29 is 43.8 Å². The Labute approximate surface area is 145 Å². The Hall–Kier alpha value is -2.66. The Morgan fingerprint density at radius 2 is 1.81 bits per heavy atom. The number of aliphatic hydroxyl groups is 3. The summed E-state index contributed by atoms with van der Waals surface area (Å²) in [6, 6.07) is 5.55. The van der Waals surface area contributed by atoms with Gasteiger partial charge in [-0.15, -0.1) is 0 Å². The van der Waals surface area contributed by atoms with E-state index in [1.54, 1.807) is 0 Å². The molecule has 10 nitrogen and oxygen atoms in total. The summed E-state index contributed by atoms with van der Waals surface area (Å²) < 4.78 is 20.7. The largest absolute Gasteiger partial charge is 0.493 e. The molecule has 1 saturated heterocycles. The molecule has 10 heteroatoms. The maximum absolute atomic E-state index is 11.4. The molecule has 1 fully saturated rings. The molecule has 0 saturated carbocycles. The van der Waals surface area contributed by atoms with Gasteiger partial charge in [0, 0.05) is 17.5 Å². The van der Waals surface area contributed by atoms with Gasteiger partial charge in [-0.2, -0.15) is 0 Å². The Balaban J connectivity index is 1.96. The van der Waals surface area contributed by atoms with Crippen molar-refractivity contribution in [1.82, 2.24) is 0 Å². The lowest BCUT2D eigenvalue weighted by Gasteiger charge is -2.38. The lowest BCUT2D eigenvalue weighted by atomic mass is 9.99. The van der Waals surface area contributed by atoms with Crippen LogP contribution in [0, 0.1) is 0 Å². The van der Waals surface area contributed by atoms with Gasteiger partial charge in [0.05, 0.1) is 7.11 Å². The van der Waals surface area contributed by atoms with E-state index >= 15 is 0 Å². The van der Waals surface area contributed by atoms with Crippen LogP contribution >= 0.6 is 0 Å². The number of carboxylic acid groups (broad SMARTS) is 1. The van der Waals surface area contributed by atoms with Crippen LogP contribution in [0.25, 0.3) is 11.0 Å². The highest BCUT2D eigenvalue weighted by molar-refractivity contribution is 5.80. The van der Waals surface area contributed by atoms with Crippen molar-refractivity contribution in [1.29, 1.82) is 0 Å². The summed E-state index contributed by atoms with van der Waals surface area (Å²) in [5.41, 5.74) is -0.430. The number of methoxy groups -OCH3 is 1. The Morgan fingerprint density at radius 1 is 1.08 bits per heavy atom. The number of benzene rings is 1. The summed E-state index contributed by atoms with van der Waals surface area (Å²) in [5, 5.41) is 39.1. The maximum Gasteiger partial charge on any atom is 0.336 e. The van der Waals surface area contributed by atoms with Gasteiger partial charge in [0.15, 0.2) is 17.6 Å². The maximum atomic E-state index is 11.4. The quantitative estimate of drug-likeness (QED) is 0.497. The van der Waals surface area contributed by atoms with E-state index in [2.05, 4.69) is 0 Å². The first-order valence-corrected chi connectivity index (χ1v) is 7.53. The van der Waals surface area contributed by atoms with E-state index in [0.29, 0.717) is 5.39 Å². The smallest absolute Gasteiger partial charge is 0.336 e. The molecule has 3 rings (SSSR count). The fourth-order valence-corrected chi connectivity index (χ4v) is 2.60. The van der Waals surface area contributed by atoms with E-state index in [9.17, 15) is 24.9 Å². The summed E-state index contributed by atoms with van der Waals surface area (Å²) in [6.07, 6.45) is -8.79. The van der Waals surface area contributed by atoms with E-state index in [1.807, 2.05) is 0 Å². The Morgan fingerprint density at radius 3 is 2.46 bits per heavy atom. The topological polar surface area (TPSA) is 156 Å². The van der Waals surface area contributed by atoms with Crippen LogP contribution in [-0.2, 0) is 9.53 Å². The summed E-state index contributed by atoms with van der Waals surface area (Å²) in [7, 11) is 1.35. The van der Waals surface area contributed by atoms with Crippen molar-refractivity contribution >= 4 is 16.9 Å². The number of ether oxygens (including phenoxy) is 3. The van der Waals surface area contributed by atoms with Gasteiger partial charge < -0.3 is 39.1 Å². The molecule has 0 amide bonds. The third-order valence-corrected chi connectivity index (χ3v) is 3.96. The Kier molecular flexibility index (Phi) is 4.83. The van der Waals surface area contributed by atoms with E-state index in [0.717, 1.165) is 0 Å². The van der Waals surface area contributed by atoms with Gasteiger partial charge in [0.2, 0.25) is 6.29 Å². The fourth-order valence-electron chi connectivity index (χ4n) is 2.60. The fraction of sp³-hybridized carbons (Fsp3) is 0.375. The van der Waals surface area contributed by atoms with Gasteiger partial charge in [-0.3, -0.25) is 0 Å². The number of carbonyl (C=O) groups is 1. The molecule has 1 aromatic heterocycles. The predicted molar refractivity (Wildman–Crippen MR) is 84.0 cm³/mol. The normalized spacial score (nSPS) is 28.7. The summed E-state index contributed by atoms with van der Waals surface area (Å²) in [5.74, 6) is -1.37. The zero-order valence-electron chi connectivity index (χ0n) is 13.4. The summed E-state index contributed by atoms with van der Waals surface area (Å²) in [6.45, 7) is 0. The van der Waals surface area contributed by atoms with Crippen LogP contribution in [0.15, 0.2) is 33.5 Å². The van der Waals surface area contributed by atoms with E-state index in [1.165, 1.54) is 31.4 Å². The van der Waals surface area contributed by atoms with E-state index < -0.39 is 42.3 Å². The molecule has 0 aliphatic carbocycles. The van der Waals surface area contributed by atoms with E-state index in [-0.39, 0.29) is 17.1 Å². The SMILES string of the molecule is COc1cc2ccc(=O)oc2cc1O[C@@H]1O[C@@H](C(=O)O)[C@@H](O)[C@H](O)[C@@H]1O. The van der Waals surface area contributed by atoms with Crippen molar-refractivity contribution in [3.05, 3.63) is 34.7 Å². The minimum Gasteiger partial charge on any atom is -0.493 e. The second-order valence-electron chi connectivity index (χ2n) is 5.65. The molecule has 0 spiro atoms. The molecule has 1 aromatic carbocycles. The monoisotopic (exact) mass is 368 g/mol. The van der Waals surface area contributed by atoms with Gasteiger partial charge in [-0.25, -0.2) is 9.59 Å². The zero-order valence-corrected chi connectivity index (χ0v) is 13.4. The van der Waals surface area contributed by atoms with Crippen LogP contribution in [0.5, 0.6) is 11.5 Å². The van der Waals surface area contributed by atoms with Crippen LogP contribution in [0.1, 0.15) is 0 Å². The first kappa shape index (κ1) is 18.1. The molecule has 2 aromatic rings. The van der Waals surface area contributed by atoms with Gasteiger partial charge in [-0.05, 0) is 12.1 Å². The first-order valence-electron chi connectivity index (χ1n) is 7.53. The molecular formula is C16H16O10. The second kappa shape index (κ2) is 6.92. The minimum absolute atomic E-state index is 0.0221. The van der Waals surface area contributed by atoms with Crippen molar-refractivity contribution in [2.45, 2.75) is 30.7 Å². The number of carboxylic acids is 1. The highest BCUT2D eigenvalue weighted by Crippen LogP contribution is 2.34. The van der Waals surface area contributed by atoms with Crippen LogP contribution in [0.2, 0.25) is 0 Å². The number of hydrogen-bond acceptors (Lipinski definition) is 9. The van der Waals surface area contributed by atoms with E-state index in [4.69, 9.17) is 23.7 Å². The molecule has 0 unspecified atom stereocenters. The van der Waals surface area contributed by atoms with Crippen molar-refractivity contribution in [2.75, 3.05) is 7.11 Å². The van der Waals surface area contributed by atoms with Crippen LogP contribution in [0.4, 0.5) is 0 Å². The predicted octanol–water partition coefficient (Wildman–Crippen LogP) is -0.927. The average molecular weight is 368 g/mol. The van der Waals surface area contributed by atoms with Crippen LogP contribution in [-0.4, -0.2) is 64.2 Å². The summed E-state index contributed by atoms with van der Waals surface area (Å²) in [4.78, 5) is 22.5. The molecule has 0 bridgehead atoms. The van der Waals surface area contributed by atoms with Gasteiger partial charge in [0.1, 0.15) is 23.9 Å². The molecule has 2 heterocycles. The number of aliphatic hydroxyl groups excluding tert-OH is 3. The van der Waals surface area contributed by atoms with Crippen molar-refractivity contribution in [3.63, 3.8) is 0 Å². The lowest BCUT2D eigenvalue weighted by Crippen LogP contribution is -2.61. The minimum atomic E-state index is -1.83. The standard InChI is InChI=1S/C16H16O10/c1-23-8-4-6-2-3-10(17)24-7(6)5-9(8)25-16-13(20)11(18)12(19)14(26-16)15(21)22/h2-5,11-14,16,18-20H,1H3,(H,21,22)/t11-,12-,13-,14+,16+/m0/s1. The van der Waals surface area contributed by atoms with Gasteiger partial charge in [-0.1, -0.05) is 0 Å². The summed E-state index contributed by atoms with van der Waals surface area (Å²) >= 11 is 0. The molecule has 4 N–H and O–H groups in total. The van der Waals surface area contributed by atoms with Gasteiger partial charge >= 0.3 is 11.6 Å². The number of fused-ring (bicyclic) bond motifs is 1. The molecule has 1 aliphatic heterocycles. The van der Waals surface area contributed by atoms with Crippen molar-refractivity contribution in [3.8, 4) is 11.5 Å². The van der Waals surface area contributed by atoms with Crippen LogP contribution < -0.4 is 15.1 Å². The third kappa shape index (κ3) is 3.22. The lowest BCUT2D eigenvalue weighted by molar-refractivity contribution is -0.271. The number of aliphatic carboxylic acids is 1. The molecule has 0 radical (unpaired) electrons. The molecule has 5 atom stereocenters. The van der Waals surface area contributed by atoms with Gasteiger partial charge in [0.25, 0.3) is 0 Å². The first-order chi connectivity index (χ1) is 12.3. The zero-order chi connectivity index (χ0) is 19.0.